The number of aryl methyl sites for hydroxylation is 1. The second kappa shape index (κ2) is 12.0. The number of alkyl halides is 6. The van der Waals surface area contributed by atoms with Crippen LogP contribution in [0.1, 0.15) is 46.7 Å². The first-order chi connectivity index (χ1) is 19.5. The third-order valence-corrected chi connectivity index (χ3v) is 7.91. The van der Waals surface area contributed by atoms with Gasteiger partial charge in [-0.2, -0.15) is 26.3 Å². The zero-order valence-electron chi connectivity index (χ0n) is 23.0. The molecule has 2 saturated heterocycles. The van der Waals surface area contributed by atoms with Crippen LogP contribution in [0.2, 0.25) is 0 Å². The van der Waals surface area contributed by atoms with E-state index in [1.54, 1.807) is 13.0 Å². The smallest absolute Gasteiger partial charge is 0.416 e. The Labute approximate surface area is 238 Å². The standard InChI is InChI=1S/C28H31F7N4O3/c1-17-11-21(29)3-4-23(17)24-15-22(37-7-9-38(10-8-37)26(41)42)5-6-39(24)25(40)36(2)16-18-12-19(27(30,31)32)14-20(13-18)28(33,34)35/h3-4,11-14,22,24H,5-10,15-16H2,1-2H3,(H,41,42)/t22?,24-/m1/s1. The van der Waals surface area contributed by atoms with Crippen LogP contribution in [-0.2, 0) is 18.9 Å². The van der Waals surface area contributed by atoms with Crippen molar-refractivity contribution in [2.45, 2.75) is 50.7 Å². The maximum atomic E-state index is 13.9. The normalized spacial score (nSPS) is 20.5. The number of halogens is 7. The Morgan fingerprint density at radius 2 is 1.52 bits per heavy atom. The van der Waals surface area contributed by atoms with Gasteiger partial charge >= 0.3 is 24.5 Å². The third kappa shape index (κ3) is 7.08. The molecule has 2 fully saturated rings. The fourth-order valence-corrected chi connectivity index (χ4v) is 5.76. The van der Waals surface area contributed by atoms with Crippen LogP contribution in [0, 0.1) is 12.7 Å². The lowest BCUT2D eigenvalue weighted by molar-refractivity contribution is -0.143. The summed E-state index contributed by atoms with van der Waals surface area (Å²) >= 11 is 0. The van der Waals surface area contributed by atoms with Crippen LogP contribution < -0.4 is 0 Å². The average molecular weight is 605 g/mol. The van der Waals surface area contributed by atoms with E-state index < -0.39 is 54.0 Å². The molecule has 2 aliphatic heterocycles. The third-order valence-electron chi connectivity index (χ3n) is 7.91. The van der Waals surface area contributed by atoms with Gasteiger partial charge in [-0.05, 0) is 66.8 Å². The Balaban J connectivity index is 1.58. The van der Waals surface area contributed by atoms with Crippen LogP contribution in [-0.4, -0.2) is 82.6 Å². The molecular weight excluding hydrogens is 573 g/mol. The lowest BCUT2D eigenvalue weighted by Gasteiger charge is -2.46. The molecule has 3 amide bonds. The molecule has 14 heteroatoms. The van der Waals surface area contributed by atoms with E-state index in [1.807, 2.05) is 0 Å². The zero-order valence-corrected chi connectivity index (χ0v) is 23.0. The number of amides is 3. The van der Waals surface area contributed by atoms with Crippen LogP contribution in [0.3, 0.4) is 0 Å². The number of nitrogens with zero attached hydrogens (tertiary/aromatic N) is 4. The van der Waals surface area contributed by atoms with Gasteiger partial charge in [-0.25, -0.2) is 14.0 Å². The number of hydrogen-bond donors (Lipinski definition) is 1. The highest BCUT2D eigenvalue weighted by molar-refractivity contribution is 5.75. The van der Waals surface area contributed by atoms with E-state index in [9.17, 15) is 45.4 Å². The molecule has 2 aromatic rings. The zero-order chi connectivity index (χ0) is 31.0. The van der Waals surface area contributed by atoms with Gasteiger partial charge in [0.05, 0.1) is 17.2 Å². The number of benzene rings is 2. The van der Waals surface area contributed by atoms with Crippen molar-refractivity contribution in [3.63, 3.8) is 0 Å². The molecule has 2 aromatic carbocycles. The number of rotatable bonds is 4. The Hall–Kier alpha value is -3.55. The van der Waals surface area contributed by atoms with Crippen LogP contribution in [0.25, 0.3) is 0 Å². The Bertz CT molecular complexity index is 1280. The van der Waals surface area contributed by atoms with E-state index in [2.05, 4.69) is 4.90 Å². The molecule has 0 aromatic heterocycles. The van der Waals surface area contributed by atoms with Crippen LogP contribution in [0.4, 0.5) is 40.3 Å². The van der Waals surface area contributed by atoms with Gasteiger partial charge in [-0.1, -0.05) is 6.07 Å². The molecular formula is C28H31F7N4O3. The van der Waals surface area contributed by atoms with Gasteiger partial charge in [-0.15, -0.1) is 0 Å². The van der Waals surface area contributed by atoms with Gasteiger partial charge in [0.2, 0.25) is 0 Å². The van der Waals surface area contributed by atoms with Crippen molar-refractivity contribution >= 4 is 12.1 Å². The molecule has 230 valence electrons. The number of piperazine rings is 1. The highest BCUT2D eigenvalue weighted by atomic mass is 19.4. The summed E-state index contributed by atoms with van der Waals surface area (Å²) in [5.41, 5.74) is -1.99. The molecule has 0 radical (unpaired) electrons. The summed E-state index contributed by atoms with van der Waals surface area (Å²) in [6.45, 7) is 3.07. The number of piperidine rings is 1. The highest BCUT2D eigenvalue weighted by Gasteiger charge is 2.39. The molecule has 2 heterocycles. The average Bonchev–Trinajstić information content (AvgIpc) is 2.91. The van der Waals surface area contributed by atoms with E-state index in [0.29, 0.717) is 62.3 Å². The SMILES string of the molecule is Cc1cc(F)ccc1[C@H]1CC(N2CCN(C(=O)O)CC2)CCN1C(=O)N(C)Cc1cc(C(F)(F)F)cc(C(F)(F)F)c1. The van der Waals surface area contributed by atoms with Crippen molar-refractivity contribution < 1.29 is 45.4 Å². The maximum Gasteiger partial charge on any atom is 0.416 e. The predicted octanol–water partition coefficient (Wildman–Crippen LogP) is 6.22. The second-order valence-corrected chi connectivity index (χ2v) is 10.7. The van der Waals surface area contributed by atoms with E-state index in [1.165, 1.54) is 29.0 Å². The van der Waals surface area contributed by atoms with Gasteiger partial charge in [0.15, 0.2) is 0 Å². The number of carbonyl (C=O) groups is 2. The first-order valence-corrected chi connectivity index (χ1v) is 13.3. The van der Waals surface area contributed by atoms with Crippen molar-refractivity contribution in [2.75, 3.05) is 39.8 Å². The fourth-order valence-electron chi connectivity index (χ4n) is 5.76. The molecule has 4 rings (SSSR count). The molecule has 42 heavy (non-hydrogen) atoms. The first-order valence-electron chi connectivity index (χ1n) is 13.3. The maximum absolute atomic E-state index is 13.9. The summed E-state index contributed by atoms with van der Waals surface area (Å²) in [6, 6.07) is 4.25. The molecule has 0 bridgehead atoms. The van der Waals surface area contributed by atoms with E-state index in [-0.39, 0.29) is 24.2 Å². The van der Waals surface area contributed by atoms with E-state index in [4.69, 9.17) is 0 Å². The van der Waals surface area contributed by atoms with Gasteiger partial charge in [-0.3, -0.25) is 4.90 Å². The summed E-state index contributed by atoms with van der Waals surface area (Å²) in [7, 11) is 1.31. The van der Waals surface area contributed by atoms with Crippen molar-refractivity contribution in [1.29, 1.82) is 0 Å². The molecule has 7 nitrogen and oxygen atoms in total. The molecule has 2 atom stereocenters. The second-order valence-electron chi connectivity index (χ2n) is 10.7. The minimum Gasteiger partial charge on any atom is -0.465 e. The van der Waals surface area contributed by atoms with Gasteiger partial charge < -0.3 is 19.8 Å². The van der Waals surface area contributed by atoms with Crippen molar-refractivity contribution in [1.82, 2.24) is 19.6 Å². The number of carboxylic acid groups (broad SMARTS) is 1. The van der Waals surface area contributed by atoms with Crippen molar-refractivity contribution in [2.24, 2.45) is 0 Å². The minimum absolute atomic E-state index is 0.0254. The van der Waals surface area contributed by atoms with Gasteiger partial charge in [0.25, 0.3) is 0 Å². The largest absolute Gasteiger partial charge is 0.465 e. The van der Waals surface area contributed by atoms with Crippen LogP contribution >= 0.6 is 0 Å². The van der Waals surface area contributed by atoms with E-state index >= 15 is 0 Å². The molecule has 1 unspecified atom stereocenters. The Morgan fingerprint density at radius 3 is 2.05 bits per heavy atom. The monoisotopic (exact) mass is 604 g/mol. The van der Waals surface area contributed by atoms with Crippen LogP contribution in [0.15, 0.2) is 36.4 Å². The lowest BCUT2D eigenvalue weighted by atomic mass is 9.88. The summed E-state index contributed by atoms with van der Waals surface area (Å²) in [5.74, 6) is -0.464. The molecule has 1 N–H and O–H groups in total. The van der Waals surface area contributed by atoms with Crippen molar-refractivity contribution in [3.8, 4) is 0 Å². The highest BCUT2D eigenvalue weighted by Crippen LogP contribution is 2.38. The first kappa shape index (κ1) is 31.4. The quantitative estimate of drug-likeness (QED) is 0.421. The summed E-state index contributed by atoms with van der Waals surface area (Å²) < 4.78 is 94.1. The minimum atomic E-state index is -5.01. The number of carbonyl (C=O) groups excluding carboxylic acids is 1. The number of likely N-dealkylation sites (tertiary alicyclic amines) is 1. The molecule has 0 saturated carbocycles. The molecule has 0 aliphatic carbocycles. The Kier molecular flexibility index (Phi) is 8.95. The molecule has 2 aliphatic rings. The van der Waals surface area contributed by atoms with Gasteiger partial charge in [0, 0.05) is 52.4 Å². The summed E-state index contributed by atoms with van der Waals surface area (Å²) in [5, 5.41) is 9.26. The summed E-state index contributed by atoms with van der Waals surface area (Å²) in [6.07, 6.45) is -10.1. The number of hydrogen-bond acceptors (Lipinski definition) is 3. The van der Waals surface area contributed by atoms with Crippen LogP contribution in [0.5, 0.6) is 0 Å². The van der Waals surface area contributed by atoms with Gasteiger partial charge in [0.1, 0.15) is 5.82 Å². The predicted molar refractivity (Wildman–Crippen MR) is 138 cm³/mol. The Morgan fingerprint density at radius 1 is 0.929 bits per heavy atom. The van der Waals surface area contributed by atoms with E-state index in [0.717, 1.165) is 4.90 Å². The topological polar surface area (TPSA) is 67.3 Å². The lowest BCUT2D eigenvalue weighted by Crippen LogP contribution is -2.56. The summed E-state index contributed by atoms with van der Waals surface area (Å²) in [4.78, 5) is 31.0. The van der Waals surface area contributed by atoms with Crippen molar-refractivity contribution in [3.05, 3.63) is 70.0 Å². The molecule has 0 spiro atoms. The number of urea groups is 1. The fraction of sp³-hybridized carbons (Fsp3) is 0.500.